The van der Waals surface area contributed by atoms with Crippen molar-refractivity contribution in [3.05, 3.63) is 48.3 Å². The van der Waals surface area contributed by atoms with Gasteiger partial charge in [-0.05, 0) is 49.1 Å². The van der Waals surface area contributed by atoms with Crippen LogP contribution in [0.5, 0.6) is 0 Å². The van der Waals surface area contributed by atoms with Gasteiger partial charge in [-0.2, -0.15) is 0 Å². The van der Waals surface area contributed by atoms with Gasteiger partial charge in [-0.3, -0.25) is 9.59 Å². The number of amides is 2. The van der Waals surface area contributed by atoms with Crippen molar-refractivity contribution in [1.82, 2.24) is 20.2 Å². The van der Waals surface area contributed by atoms with E-state index in [0.29, 0.717) is 5.56 Å². The molecule has 0 unspecified atom stereocenters. The van der Waals surface area contributed by atoms with Gasteiger partial charge in [0.2, 0.25) is 5.91 Å². The summed E-state index contributed by atoms with van der Waals surface area (Å²) in [5.74, 6) is -0.315. The van der Waals surface area contributed by atoms with Crippen LogP contribution in [0.15, 0.2) is 42.7 Å². The molecule has 29 heavy (non-hydrogen) atoms. The molecule has 1 aromatic carbocycles. The van der Waals surface area contributed by atoms with Crippen molar-refractivity contribution in [3.8, 4) is 5.13 Å². The molecule has 0 aliphatic heterocycles. The normalized spacial score (nSPS) is 15.7. The Morgan fingerprint density at radius 2 is 1.90 bits per heavy atom. The topological polar surface area (TPSA) is 76.0 Å². The van der Waals surface area contributed by atoms with Crippen LogP contribution in [0.3, 0.4) is 0 Å². The SMILES string of the molecule is CC(C)[C@H](NC(=O)c1ccc2nc(-n3cccc3)sc2c1)C(=O)NC1CCCC1. The Kier molecular flexibility index (Phi) is 5.67. The lowest BCUT2D eigenvalue weighted by Crippen LogP contribution is -2.51. The Hall–Kier alpha value is -2.67. The zero-order valence-corrected chi connectivity index (χ0v) is 17.5. The molecule has 4 rings (SSSR count). The van der Waals surface area contributed by atoms with Crippen molar-refractivity contribution in [2.45, 2.75) is 51.6 Å². The van der Waals surface area contributed by atoms with E-state index in [1.165, 1.54) is 11.3 Å². The van der Waals surface area contributed by atoms with Gasteiger partial charge >= 0.3 is 0 Å². The highest BCUT2D eigenvalue weighted by atomic mass is 32.1. The van der Waals surface area contributed by atoms with Gasteiger partial charge in [0.25, 0.3) is 5.91 Å². The van der Waals surface area contributed by atoms with Crippen LogP contribution < -0.4 is 10.6 Å². The van der Waals surface area contributed by atoms with Crippen LogP contribution in [0.2, 0.25) is 0 Å². The monoisotopic (exact) mass is 410 g/mol. The van der Waals surface area contributed by atoms with Gasteiger partial charge in [-0.1, -0.05) is 38.0 Å². The molecule has 0 bridgehead atoms. The number of carbonyl (C=O) groups is 2. The van der Waals surface area contributed by atoms with Crippen LogP contribution in [-0.4, -0.2) is 33.4 Å². The number of benzene rings is 1. The molecule has 6 nitrogen and oxygen atoms in total. The van der Waals surface area contributed by atoms with Gasteiger partial charge in [0.15, 0.2) is 5.13 Å². The molecule has 0 radical (unpaired) electrons. The second-order valence-corrected chi connectivity index (χ2v) is 8.96. The summed E-state index contributed by atoms with van der Waals surface area (Å²) in [4.78, 5) is 30.2. The van der Waals surface area contributed by atoms with E-state index >= 15 is 0 Å². The van der Waals surface area contributed by atoms with Gasteiger partial charge in [-0.25, -0.2) is 4.98 Å². The fourth-order valence-corrected chi connectivity index (χ4v) is 4.72. The van der Waals surface area contributed by atoms with Crippen molar-refractivity contribution < 1.29 is 9.59 Å². The van der Waals surface area contributed by atoms with E-state index in [0.717, 1.165) is 41.0 Å². The maximum Gasteiger partial charge on any atom is 0.251 e. The molecular weight excluding hydrogens is 384 g/mol. The standard InChI is InChI=1S/C22H26N4O2S/c1-14(2)19(21(28)23-16-7-3-4-8-16)25-20(27)15-9-10-17-18(13-15)29-22(24-17)26-11-5-6-12-26/h5-6,9-14,16,19H,3-4,7-8H2,1-2H3,(H,23,28)(H,25,27)/t19-/m0/s1. The van der Waals surface area contributed by atoms with Crippen LogP contribution in [-0.2, 0) is 4.79 Å². The van der Waals surface area contributed by atoms with Crippen LogP contribution in [0, 0.1) is 5.92 Å². The van der Waals surface area contributed by atoms with Gasteiger partial charge < -0.3 is 15.2 Å². The predicted molar refractivity (Wildman–Crippen MR) is 115 cm³/mol. The van der Waals surface area contributed by atoms with Crippen molar-refractivity contribution >= 4 is 33.4 Å². The Morgan fingerprint density at radius 1 is 1.17 bits per heavy atom. The minimum absolute atomic E-state index is 0.00725. The molecule has 152 valence electrons. The lowest BCUT2D eigenvalue weighted by molar-refractivity contribution is -0.124. The average Bonchev–Trinajstić information content (AvgIpc) is 3.45. The smallest absolute Gasteiger partial charge is 0.251 e. The minimum atomic E-state index is -0.546. The Morgan fingerprint density at radius 3 is 2.59 bits per heavy atom. The number of carbonyl (C=O) groups excluding carboxylic acids is 2. The van der Waals surface area contributed by atoms with Gasteiger partial charge in [-0.15, -0.1) is 0 Å². The summed E-state index contributed by atoms with van der Waals surface area (Å²) in [7, 11) is 0. The number of nitrogens with one attached hydrogen (secondary N) is 2. The first-order valence-corrected chi connectivity index (χ1v) is 11.0. The molecule has 2 aromatic heterocycles. The molecule has 1 atom stereocenters. The molecule has 7 heteroatoms. The summed E-state index contributed by atoms with van der Waals surface area (Å²) in [5, 5.41) is 6.89. The number of thiazole rings is 1. The molecule has 0 saturated heterocycles. The Bertz CT molecular complexity index is 1000. The van der Waals surface area contributed by atoms with Crippen molar-refractivity contribution in [1.29, 1.82) is 0 Å². The summed E-state index contributed by atoms with van der Waals surface area (Å²) in [6.45, 7) is 3.91. The zero-order valence-electron chi connectivity index (χ0n) is 16.7. The van der Waals surface area contributed by atoms with E-state index in [1.807, 2.05) is 55.1 Å². The zero-order chi connectivity index (χ0) is 20.4. The van der Waals surface area contributed by atoms with E-state index in [1.54, 1.807) is 6.07 Å². The highest BCUT2D eigenvalue weighted by Crippen LogP contribution is 2.26. The number of aromatic nitrogens is 2. The summed E-state index contributed by atoms with van der Waals surface area (Å²) < 4.78 is 2.89. The minimum Gasteiger partial charge on any atom is -0.352 e. The lowest BCUT2D eigenvalue weighted by Gasteiger charge is -2.24. The molecule has 1 fully saturated rings. The van der Waals surface area contributed by atoms with Crippen LogP contribution in [0.25, 0.3) is 15.3 Å². The molecule has 1 saturated carbocycles. The highest BCUT2D eigenvalue weighted by Gasteiger charge is 2.27. The number of hydrogen-bond donors (Lipinski definition) is 2. The average molecular weight is 411 g/mol. The Balaban J connectivity index is 1.49. The lowest BCUT2D eigenvalue weighted by atomic mass is 10.0. The molecule has 2 amide bonds. The van der Waals surface area contributed by atoms with Crippen molar-refractivity contribution in [3.63, 3.8) is 0 Å². The number of fused-ring (bicyclic) bond motifs is 1. The summed E-state index contributed by atoms with van der Waals surface area (Å²) in [6, 6.07) is 9.07. The fraction of sp³-hybridized carbons (Fsp3) is 0.409. The van der Waals surface area contributed by atoms with Crippen molar-refractivity contribution in [2.24, 2.45) is 5.92 Å². The van der Waals surface area contributed by atoms with Crippen molar-refractivity contribution in [2.75, 3.05) is 0 Å². The second kappa shape index (κ2) is 8.37. The predicted octanol–water partition coefficient (Wildman–Crippen LogP) is 3.90. The van der Waals surface area contributed by atoms with E-state index in [2.05, 4.69) is 15.6 Å². The van der Waals surface area contributed by atoms with Crippen LogP contribution in [0.1, 0.15) is 49.9 Å². The summed E-state index contributed by atoms with van der Waals surface area (Å²) in [5.41, 5.74) is 1.40. The molecule has 2 heterocycles. The molecule has 1 aliphatic carbocycles. The number of nitrogens with zero attached hydrogens (tertiary/aromatic N) is 2. The van der Waals surface area contributed by atoms with Crippen LogP contribution >= 0.6 is 11.3 Å². The quantitative estimate of drug-likeness (QED) is 0.647. The molecule has 2 N–H and O–H groups in total. The third-order valence-electron chi connectivity index (χ3n) is 5.40. The van der Waals surface area contributed by atoms with E-state index in [9.17, 15) is 9.59 Å². The molecule has 0 spiro atoms. The maximum atomic E-state index is 12.9. The van der Waals surface area contributed by atoms with Gasteiger partial charge in [0, 0.05) is 24.0 Å². The highest BCUT2D eigenvalue weighted by molar-refractivity contribution is 7.20. The fourth-order valence-electron chi connectivity index (χ4n) is 3.75. The number of hydrogen-bond acceptors (Lipinski definition) is 4. The number of rotatable bonds is 6. The van der Waals surface area contributed by atoms with Gasteiger partial charge in [0.05, 0.1) is 10.2 Å². The molecule has 3 aromatic rings. The van der Waals surface area contributed by atoms with E-state index in [-0.39, 0.29) is 23.8 Å². The van der Waals surface area contributed by atoms with E-state index < -0.39 is 6.04 Å². The van der Waals surface area contributed by atoms with E-state index in [4.69, 9.17) is 0 Å². The summed E-state index contributed by atoms with van der Waals surface area (Å²) in [6.07, 6.45) is 8.25. The molecular formula is C22H26N4O2S. The maximum absolute atomic E-state index is 12.9. The molecule has 1 aliphatic rings. The second-order valence-electron chi connectivity index (χ2n) is 7.95. The third-order valence-corrected chi connectivity index (χ3v) is 6.43. The first-order valence-electron chi connectivity index (χ1n) is 10.2. The van der Waals surface area contributed by atoms with Crippen LogP contribution in [0.4, 0.5) is 0 Å². The first kappa shape index (κ1) is 19.6. The Labute approximate surface area is 174 Å². The first-order chi connectivity index (χ1) is 14.0. The largest absolute Gasteiger partial charge is 0.352 e. The third kappa shape index (κ3) is 4.34. The van der Waals surface area contributed by atoms with Gasteiger partial charge in [0.1, 0.15) is 6.04 Å². The summed E-state index contributed by atoms with van der Waals surface area (Å²) >= 11 is 1.53.